The van der Waals surface area contributed by atoms with Crippen LogP contribution >= 0.6 is 0 Å². The van der Waals surface area contributed by atoms with Gasteiger partial charge in [-0.2, -0.15) is 0 Å². The third-order valence-electron chi connectivity index (χ3n) is 7.26. The number of esters is 1. The highest BCUT2D eigenvalue weighted by Crippen LogP contribution is 2.29. The fourth-order valence-corrected chi connectivity index (χ4v) is 4.71. The van der Waals surface area contributed by atoms with Crippen LogP contribution in [0.25, 0.3) is 0 Å². The van der Waals surface area contributed by atoms with E-state index in [1.165, 1.54) is 24.1 Å². The van der Waals surface area contributed by atoms with Crippen molar-refractivity contribution in [3.05, 3.63) is 64.7 Å². The number of phenolic OH excluding ortho intramolecular Hbond substituents is 1. The summed E-state index contributed by atoms with van der Waals surface area (Å²) in [5, 5.41) is 15.2. The summed E-state index contributed by atoms with van der Waals surface area (Å²) in [6, 6.07) is 9.25. The smallest absolute Gasteiger partial charge is 0.408 e. The van der Waals surface area contributed by atoms with Crippen molar-refractivity contribution in [2.75, 3.05) is 13.7 Å². The molecule has 2 aromatic rings. The zero-order chi connectivity index (χ0) is 33.2. The molecule has 3 N–H and O–H groups in total. The predicted molar refractivity (Wildman–Crippen MR) is 169 cm³/mol. The summed E-state index contributed by atoms with van der Waals surface area (Å²) in [6.45, 7) is 14.7. The van der Waals surface area contributed by atoms with Gasteiger partial charge in [0.1, 0.15) is 30.0 Å². The molecule has 10 nitrogen and oxygen atoms in total. The van der Waals surface area contributed by atoms with Crippen LogP contribution in [-0.4, -0.2) is 65.2 Å². The molecule has 0 saturated heterocycles. The number of methoxy groups -OCH3 is 1. The van der Waals surface area contributed by atoms with E-state index in [0.717, 1.165) is 17.5 Å². The third-order valence-corrected chi connectivity index (χ3v) is 7.26. The van der Waals surface area contributed by atoms with Gasteiger partial charge in [-0.3, -0.25) is 14.4 Å². The third kappa shape index (κ3) is 11.2. The maximum absolute atomic E-state index is 14.7. The number of nitrogens with zero attached hydrogens (tertiary/aromatic N) is 1. The summed E-state index contributed by atoms with van der Waals surface area (Å²) in [5.74, 6) is -1.26. The first-order valence-electron chi connectivity index (χ1n) is 15.0. The largest absolute Gasteiger partial charge is 0.508 e. The number of amides is 3. The first-order valence-corrected chi connectivity index (χ1v) is 15.0. The molecule has 3 amide bonds. The molecule has 0 aliphatic rings. The molecule has 44 heavy (non-hydrogen) atoms. The van der Waals surface area contributed by atoms with Gasteiger partial charge in [0.2, 0.25) is 11.8 Å². The van der Waals surface area contributed by atoms with Gasteiger partial charge in [-0.25, -0.2) is 4.79 Å². The minimum absolute atomic E-state index is 0.0674. The number of hydrogen-bond donors (Lipinski definition) is 3. The fraction of sp³-hybridized carbons (Fsp3) is 0.529. The maximum atomic E-state index is 14.7. The van der Waals surface area contributed by atoms with Crippen molar-refractivity contribution in [2.24, 2.45) is 5.92 Å². The average molecular weight is 612 g/mol. The number of rotatable bonds is 13. The standard InChI is InChI=1S/C34H49N3O7/c1-21(2)10-12-24(5)37(30(31(40)35-20-29(39)43-9)26-15-11-22(3)23(4)18-26)32(41)28(36-33(42)44-34(6,7)8)19-25-13-16-27(38)17-14-25/h11,13-18,21,24,28,30,38H,10,12,19-20H2,1-9H3,(H,35,40)(H,36,42). The van der Waals surface area contributed by atoms with Gasteiger partial charge in [0.25, 0.3) is 0 Å². The number of nitrogens with one attached hydrogen (secondary N) is 2. The predicted octanol–water partition coefficient (Wildman–Crippen LogP) is 5.13. The summed E-state index contributed by atoms with van der Waals surface area (Å²) in [5.41, 5.74) is 2.40. The van der Waals surface area contributed by atoms with E-state index in [4.69, 9.17) is 9.47 Å². The minimum Gasteiger partial charge on any atom is -0.508 e. The molecule has 0 saturated carbocycles. The van der Waals surface area contributed by atoms with Gasteiger partial charge in [0.15, 0.2) is 0 Å². The Morgan fingerprint density at radius 3 is 2.11 bits per heavy atom. The molecule has 10 heteroatoms. The number of carbonyl (C=O) groups excluding carboxylic acids is 4. The van der Waals surface area contributed by atoms with Crippen LogP contribution in [0.15, 0.2) is 42.5 Å². The van der Waals surface area contributed by atoms with E-state index in [9.17, 15) is 24.3 Å². The van der Waals surface area contributed by atoms with E-state index in [1.807, 2.05) is 32.9 Å². The summed E-state index contributed by atoms with van der Waals surface area (Å²) in [7, 11) is 1.23. The van der Waals surface area contributed by atoms with Crippen LogP contribution in [0, 0.1) is 19.8 Å². The number of ether oxygens (including phenoxy) is 2. The molecular weight excluding hydrogens is 562 g/mol. The van der Waals surface area contributed by atoms with Crippen LogP contribution in [0.1, 0.15) is 82.7 Å². The van der Waals surface area contributed by atoms with Crippen molar-refractivity contribution in [3.63, 3.8) is 0 Å². The summed E-state index contributed by atoms with van der Waals surface area (Å²) in [6.07, 6.45) is 0.682. The number of hydrogen-bond acceptors (Lipinski definition) is 7. The Hall–Kier alpha value is -4.08. The zero-order valence-electron chi connectivity index (χ0n) is 27.5. The molecule has 0 fully saturated rings. The Balaban J connectivity index is 2.68. The molecule has 0 aliphatic heterocycles. The molecule has 0 aliphatic carbocycles. The van der Waals surface area contributed by atoms with E-state index in [2.05, 4.69) is 24.5 Å². The van der Waals surface area contributed by atoms with Gasteiger partial charge in [0.05, 0.1) is 7.11 Å². The van der Waals surface area contributed by atoms with Crippen LogP contribution in [0.2, 0.25) is 0 Å². The van der Waals surface area contributed by atoms with Crippen LogP contribution in [0.5, 0.6) is 5.75 Å². The minimum atomic E-state index is -1.11. The average Bonchev–Trinajstić information content (AvgIpc) is 2.94. The normalized spacial score (nSPS) is 13.4. The summed E-state index contributed by atoms with van der Waals surface area (Å²) in [4.78, 5) is 55.1. The number of phenols is 1. The highest BCUT2D eigenvalue weighted by atomic mass is 16.6. The molecule has 0 heterocycles. The van der Waals surface area contributed by atoms with Gasteiger partial charge < -0.3 is 30.1 Å². The highest BCUT2D eigenvalue weighted by molar-refractivity contribution is 5.93. The van der Waals surface area contributed by atoms with E-state index in [-0.39, 0.29) is 18.7 Å². The Labute approximate surface area is 261 Å². The lowest BCUT2D eigenvalue weighted by Crippen LogP contribution is -2.56. The fourth-order valence-electron chi connectivity index (χ4n) is 4.71. The molecule has 242 valence electrons. The quantitative estimate of drug-likeness (QED) is 0.268. The van der Waals surface area contributed by atoms with Crippen molar-refractivity contribution >= 4 is 23.9 Å². The van der Waals surface area contributed by atoms with Crippen molar-refractivity contribution < 1.29 is 33.8 Å². The Morgan fingerprint density at radius 2 is 1.57 bits per heavy atom. The van der Waals surface area contributed by atoms with E-state index >= 15 is 0 Å². The van der Waals surface area contributed by atoms with E-state index in [0.29, 0.717) is 23.5 Å². The van der Waals surface area contributed by atoms with Gasteiger partial charge >= 0.3 is 12.1 Å². The topological polar surface area (TPSA) is 134 Å². The van der Waals surface area contributed by atoms with Crippen molar-refractivity contribution in [1.82, 2.24) is 15.5 Å². The molecule has 0 radical (unpaired) electrons. The number of alkyl carbamates (subject to hydrolysis) is 1. The second kappa shape index (κ2) is 16.1. The maximum Gasteiger partial charge on any atom is 0.408 e. The summed E-state index contributed by atoms with van der Waals surface area (Å²) >= 11 is 0. The Morgan fingerprint density at radius 1 is 0.932 bits per heavy atom. The molecule has 0 bridgehead atoms. The monoisotopic (exact) mass is 611 g/mol. The Kier molecular flexibility index (Phi) is 13.2. The second-order valence-electron chi connectivity index (χ2n) is 12.7. The number of benzene rings is 2. The van der Waals surface area contributed by atoms with Gasteiger partial charge in [0, 0.05) is 12.5 Å². The van der Waals surface area contributed by atoms with E-state index in [1.54, 1.807) is 39.0 Å². The zero-order valence-corrected chi connectivity index (χ0v) is 27.5. The first-order chi connectivity index (χ1) is 20.5. The van der Waals surface area contributed by atoms with Crippen LogP contribution in [0.3, 0.4) is 0 Å². The number of aryl methyl sites for hydroxylation is 2. The molecule has 3 atom stereocenters. The molecule has 0 aromatic heterocycles. The van der Waals surface area contributed by atoms with Crippen molar-refractivity contribution in [2.45, 2.75) is 98.4 Å². The highest BCUT2D eigenvalue weighted by Gasteiger charge is 2.39. The van der Waals surface area contributed by atoms with Gasteiger partial charge in [-0.05, 0) is 94.7 Å². The Bertz CT molecular complexity index is 1280. The molecular formula is C34H49N3O7. The van der Waals surface area contributed by atoms with E-state index < -0.39 is 47.6 Å². The lowest BCUT2D eigenvalue weighted by atomic mass is 9.94. The van der Waals surface area contributed by atoms with Crippen LogP contribution < -0.4 is 10.6 Å². The molecule has 0 spiro atoms. The lowest BCUT2D eigenvalue weighted by molar-refractivity contribution is -0.146. The summed E-state index contributed by atoms with van der Waals surface area (Å²) < 4.78 is 10.2. The van der Waals surface area contributed by atoms with Crippen molar-refractivity contribution in [1.29, 1.82) is 0 Å². The van der Waals surface area contributed by atoms with Crippen LogP contribution in [0.4, 0.5) is 4.79 Å². The molecule has 2 aromatic carbocycles. The van der Waals surface area contributed by atoms with Gasteiger partial charge in [-0.1, -0.05) is 44.2 Å². The number of carbonyl (C=O) groups is 4. The number of aromatic hydroxyl groups is 1. The molecule has 3 unspecified atom stereocenters. The second-order valence-corrected chi connectivity index (χ2v) is 12.7. The lowest BCUT2D eigenvalue weighted by Gasteiger charge is -2.39. The first kappa shape index (κ1) is 36.1. The van der Waals surface area contributed by atoms with Gasteiger partial charge in [-0.15, -0.1) is 0 Å². The molecule has 2 rings (SSSR count). The SMILES string of the molecule is COC(=O)CNC(=O)C(c1ccc(C)c(C)c1)N(C(=O)C(Cc1ccc(O)cc1)NC(=O)OC(C)(C)C)C(C)CCC(C)C. The van der Waals surface area contributed by atoms with Crippen LogP contribution in [-0.2, 0) is 30.3 Å². The van der Waals surface area contributed by atoms with Crippen molar-refractivity contribution in [3.8, 4) is 5.75 Å².